The predicted octanol–water partition coefficient (Wildman–Crippen LogP) is 13.3. The Hall–Kier alpha value is -5.98. The fraction of sp³-hybridized carbons (Fsp3) is 0.0213. The molecule has 47 heavy (non-hydrogen) atoms. The lowest BCUT2D eigenvalue weighted by Crippen LogP contribution is -1.93. The number of benzene rings is 9. The molecule has 0 unspecified atom stereocenters. The Labute approximate surface area is 275 Å². The topological polar surface area (TPSA) is 0 Å². The molecule has 0 aromatic heterocycles. The van der Waals surface area contributed by atoms with Gasteiger partial charge in [-0.1, -0.05) is 176 Å². The van der Waals surface area contributed by atoms with E-state index in [0.717, 1.165) is 0 Å². The molecule has 0 nitrogen and oxygen atoms in total. The van der Waals surface area contributed by atoms with Gasteiger partial charge in [0.1, 0.15) is 0 Å². The van der Waals surface area contributed by atoms with Crippen molar-refractivity contribution < 1.29 is 0 Å². The van der Waals surface area contributed by atoms with Gasteiger partial charge in [0, 0.05) is 0 Å². The minimum Gasteiger partial charge on any atom is -0.0620 e. The van der Waals surface area contributed by atoms with Crippen molar-refractivity contribution in [3.8, 4) is 44.5 Å². The molecule has 9 aromatic carbocycles. The van der Waals surface area contributed by atoms with Gasteiger partial charge in [-0.2, -0.15) is 0 Å². The lowest BCUT2D eigenvalue weighted by atomic mass is 9.83. The summed E-state index contributed by atoms with van der Waals surface area (Å²) in [5.74, 6) is 0. The van der Waals surface area contributed by atoms with E-state index in [9.17, 15) is 0 Å². The zero-order valence-corrected chi connectivity index (χ0v) is 26.2. The van der Waals surface area contributed by atoms with E-state index in [0.29, 0.717) is 0 Å². The highest BCUT2D eigenvalue weighted by atomic mass is 14.2. The SMILES string of the molecule is Cc1ccccc1-c1ccc(-c2c3ccccc3c(-c3ccc(-c4cccc5ccccc45)cc3)c3ccccc23)c2ccccc12. The number of hydrogen-bond donors (Lipinski definition) is 0. The van der Waals surface area contributed by atoms with Gasteiger partial charge in [0.25, 0.3) is 0 Å². The molecule has 0 N–H and O–H groups in total. The van der Waals surface area contributed by atoms with Gasteiger partial charge in [0.15, 0.2) is 0 Å². The maximum atomic E-state index is 2.34. The third-order valence-corrected chi connectivity index (χ3v) is 9.83. The van der Waals surface area contributed by atoms with Crippen LogP contribution in [0.2, 0.25) is 0 Å². The van der Waals surface area contributed by atoms with E-state index in [1.165, 1.54) is 93.2 Å². The summed E-state index contributed by atoms with van der Waals surface area (Å²) in [5.41, 5.74) is 11.4. The Morgan fingerprint density at radius 3 is 1.36 bits per heavy atom. The van der Waals surface area contributed by atoms with Crippen molar-refractivity contribution in [1.82, 2.24) is 0 Å². The average molecular weight is 597 g/mol. The van der Waals surface area contributed by atoms with Gasteiger partial charge in [0.2, 0.25) is 0 Å². The zero-order chi connectivity index (χ0) is 31.3. The first-order valence-corrected chi connectivity index (χ1v) is 16.4. The molecule has 0 aliphatic carbocycles. The average Bonchev–Trinajstić information content (AvgIpc) is 3.14. The van der Waals surface area contributed by atoms with Gasteiger partial charge >= 0.3 is 0 Å². The molecule has 220 valence electrons. The Kier molecular flexibility index (Phi) is 6.47. The standard InChI is InChI=1S/C47H32/c1-31-13-2-4-16-35(31)40-29-30-45(39-19-7-6-18-38(39)40)47-43-22-10-8-20-41(43)46(42-21-9-11-23-44(42)47)34-27-25-33(26-28-34)37-24-12-15-32-14-3-5-17-36(32)37/h2-30H,1H3. The highest BCUT2D eigenvalue weighted by Crippen LogP contribution is 2.46. The molecule has 9 aromatic rings. The fourth-order valence-electron chi connectivity index (χ4n) is 7.65. The first-order valence-electron chi connectivity index (χ1n) is 16.4. The van der Waals surface area contributed by atoms with Crippen LogP contribution in [0.5, 0.6) is 0 Å². The summed E-state index contributed by atoms with van der Waals surface area (Å²) in [5, 5.41) is 10.2. The Morgan fingerprint density at radius 1 is 0.255 bits per heavy atom. The van der Waals surface area contributed by atoms with Gasteiger partial charge in [-0.25, -0.2) is 0 Å². The van der Waals surface area contributed by atoms with E-state index in [1.54, 1.807) is 0 Å². The normalized spacial score (nSPS) is 11.5. The van der Waals surface area contributed by atoms with Crippen LogP contribution in [0.25, 0.3) is 87.6 Å². The van der Waals surface area contributed by atoms with E-state index in [-0.39, 0.29) is 0 Å². The molecule has 0 saturated carbocycles. The maximum Gasteiger partial charge on any atom is -0.00201 e. The summed E-state index contributed by atoms with van der Waals surface area (Å²) < 4.78 is 0. The molecule has 0 radical (unpaired) electrons. The Morgan fingerprint density at radius 2 is 0.702 bits per heavy atom. The molecule has 0 heterocycles. The highest BCUT2D eigenvalue weighted by molar-refractivity contribution is 6.24. The van der Waals surface area contributed by atoms with Crippen molar-refractivity contribution >= 4 is 43.1 Å². The zero-order valence-electron chi connectivity index (χ0n) is 26.2. The second-order valence-corrected chi connectivity index (χ2v) is 12.5. The van der Waals surface area contributed by atoms with Crippen LogP contribution >= 0.6 is 0 Å². The number of fused-ring (bicyclic) bond motifs is 4. The minimum atomic E-state index is 1.23. The van der Waals surface area contributed by atoms with Crippen molar-refractivity contribution in [1.29, 1.82) is 0 Å². The lowest BCUT2D eigenvalue weighted by Gasteiger charge is -2.20. The number of rotatable bonds is 4. The van der Waals surface area contributed by atoms with E-state index < -0.39 is 0 Å². The molecule has 0 aliphatic rings. The van der Waals surface area contributed by atoms with Crippen molar-refractivity contribution in [3.63, 3.8) is 0 Å². The van der Waals surface area contributed by atoms with Crippen LogP contribution in [0.3, 0.4) is 0 Å². The predicted molar refractivity (Wildman–Crippen MR) is 203 cm³/mol. The number of hydrogen-bond acceptors (Lipinski definition) is 0. The summed E-state index contributed by atoms with van der Waals surface area (Å²) in [7, 11) is 0. The minimum absolute atomic E-state index is 1.23. The van der Waals surface area contributed by atoms with Gasteiger partial charge in [-0.05, 0) is 100 Å². The third kappa shape index (κ3) is 4.45. The van der Waals surface area contributed by atoms with Gasteiger partial charge in [0.05, 0.1) is 0 Å². The molecular weight excluding hydrogens is 565 g/mol. The Balaban J connectivity index is 1.28. The fourth-order valence-corrected chi connectivity index (χ4v) is 7.65. The molecule has 0 bridgehead atoms. The van der Waals surface area contributed by atoms with E-state index >= 15 is 0 Å². The molecular formula is C47H32. The van der Waals surface area contributed by atoms with Gasteiger partial charge < -0.3 is 0 Å². The Bertz CT molecular complexity index is 2560. The second kappa shape index (κ2) is 11.1. The first-order chi connectivity index (χ1) is 23.3. The largest absolute Gasteiger partial charge is 0.0620 e. The molecule has 0 fully saturated rings. The quantitative estimate of drug-likeness (QED) is 0.177. The number of aryl methyl sites for hydroxylation is 1. The first kappa shape index (κ1) is 27.3. The smallest absolute Gasteiger partial charge is 0.00201 e. The molecule has 0 saturated heterocycles. The van der Waals surface area contributed by atoms with E-state index in [2.05, 4.69) is 183 Å². The molecule has 0 amide bonds. The van der Waals surface area contributed by atoms with Crippen LogP contribution in [0, 0.1) is 6.92 Å². The van der Waals surface area contributed by atoms with E-state index in [4.69, 9.17) is 0 Å². The van der Waals surface area contributed by atoms with Crippen molar-refractivity contribution in [3.05, 3.63) is 181 Å². The van der Waals surface area contributed by atoms with Crippen LogP contribution in [0.4, 0.5) is 0 Å². The van der Waals surface area contributed by atoms with Crippen LogP contribution in [0.15, 0.2) is 176 Å². The summed E-state index contributed by atoms with van der Waals surface area (Å²) in [4.78, 5) is 0. The summed E-state index contributed by atoms with van der Waals surface area (Å²) >= 11 is 0. The van der Waals surface area contributed by atoms with Crippen LogP contribution in [-0.2, 0) is 0 Å². The highest BCUT2D eigenvalue weighted by Gasteiger charge is 2.19. The van der Waals surface area contributed by atoms with E-state index in [1.807, 2.05) is 0 Å². The van der Waals surface area contributed by atoms with Crippen LogP contribution in [-0.4, -0.2) is 0 Å². The summed E-state index contributed by atoms with van der Waals surface area (Å²) in [6.45, 7) is 2.20. The van der Waals surface area contributed by atoms with Crippen molar-refractivity contribution in [2.45, 2.75) is 6.92 Å². The molecule has 0 spiro atoms. The van der Waals surface area contributed by atoms with Crippen molar-refractivity contribution in [2.75, 3.05) is 0 Å². The monoisotopic (exact) mass is 596 g/mol. The molecule has 0 atom stereocenters. The van der Waals surface area contributed by atoms with Crippen LogP contribution < -0.4 is 0 Å². The summed E-state index contributed by atoms with van der Waals surface area (Å²) in [6, 6.07) is 64.5. The molecule has 9 rings (SSSR count). The maximum absolute atomic E-state index is 2.34. The van der Waals surface area contributed by atoms with Crippen molar-refractivity contribution in [2.24, 2.45) is 0 Å². The molecule has 0 aliphatic heterocycles. The summed E-state index contributed by atoms with van der Waals surface area (Å²) in [6.07, 6.45) is 0. The molecule has 0 heteroatoms. The van der Waals surface area contributed by atoms with Gasteiger partial charge in [-0.15, -0.1) is 0 Å². The van der Waals surface area contributed by atoms with Crippen LogP contribution in [0.1, 0.15) is 5.56 Å². The third-order valence-electron chi connectivity index (χ3n) is 9.83. The lowest BCUT2D eigenvalue weighted by molar-refractivity contribution is 1.47. The second-order valence-electron chi connectivity index (χ2n) is 12.5. The van der Waals surface area contributed by atoms with Gasteiger partial charge in [-0.3, -0.25) is 0 Å².